The molecule has 2 rings (SSSR count). The van der Waals surface area contributed by atoms with Crippen LogP contribution in [-0.2, 0) is 6.42 Å². The van der Waals surface area contributed by atoms with Gasteiger partial charge in [-0.15, -0.1) is 0 Å². The van der Waals surface area contributed by atoms with Gasteiger partial charge in [0.2, 0.25) is 0 Å². The molecule has 12 heavy (non-hydrogen) atoms. The molecule has 66 valence electrons. The monoisotopic (exact) mass is 166 g/mol. The maximum Gasteiger partial charge on any atom is 0.107 e. The molecule has 1 aliphatic carbocycles. The van der Waals surface area contributed by atoms with Gasteiger partial charge in [-0.2, -0.15) is 0 Å². The molecule has 0 bridgehead atoms. The first-order valence-electron chi connectivity index (χ1n) is 4.50. The zero-order valence-electron chi connectivity index (χ0n) is 7.29. The smallest absolute Gasteiger partial charge is 0.107 e. The molecule has 1 saturated carbocycles. The fourth-order valence-electron chi connectivity index (χ4n) is 1.56. The highest BCUT2D eigenvalue weighted by Crippen LogP contribution is 2.47. The van der Waals surface area contributed by atoms with Crippen LogP contribution in [0.5, 0.6) is 0 Å². The van der Waals surface area contributed by atoms with Crippen LogP contribution in [0.15, 0.2) is 16.5 Å². The quantitative estimate of drug-likeness (QED) is 0.744. The lowest BCUT2D eigenvalue weighted by Gasteiger charge is -1.92. The fraction of sp³-hybridized carbons (Fsp3) is 0.600. The Morgan fingerprint density at radius 2 is 2.33 bits per heavy atom. The Bertz CT molecular complexity index is 265. The van der Waals surface area contributed by atoms with E-state index in [2.05, 4.69) is 6.92 Å². The predicted molar refractivity (Wildman–Crippen MR) is 46.0 cm³/mol. The number of aliphatic hydroxyl groups excluding tert-OH is 1. The van der Waals surface area contributed by atoms with Crippen molar-refractivity contribution in [3.05, 3.63) is 23.7 Å². The Labute approximate surface area is 72.2 Å². The summed E-state index contributed by atoms with van der Waals surface area (Å²) >= 11 is 0. The summed E-state index contributed by atoms with van der Waals surface area (Å²) in [6.45, 7) is 2.41. The molecular weight excluding hydrogens is 152 g/mol. The Kier molecular flexibility index (Phi) is 1.93. The van der Waals surface area contributed by atoms with E-state index in [0.717, 1.165) is 17.4 Å². The average Bonchev–Trinajstić information content (AvgIpc) is 2.62. The Morgan fingerprint density at radius 1 is 1.58 bits per heavy atom. The largest absolute Gasteiger partial charge is 0.466 e. The summed E-state index contributed by atoms with van der Waals surface area (Å²) in [6.07, 6.45) is 1.90. The van der Waals surface area contributed by atoms with Crippen molar-refractivity contribution in [2.24, 2.45) is 5.92 Å². The number of hydrogen-bond acceptors (Lipinski definition) is 2. The third-order valence-electron chi connectivity index (χ3n) is 2.52. The molecule has 2 heteroatoms. The van der Waals surface area contributed by atoms with E-state index in [0.29, 0.717) is 12.3 Å². The third-order valence-corrected chi connectivity index (χ3v) is 2.52. The molecule has 0 radical (unpaired) electrons. The average molecular weight is 166 g/mol. The number of hydrogen-bond donors (Lipinski definition) is 1. The zero-order chi connectivity index (χ0) is 8.55. The molecule has 0 spiro atoms. The van der Waals surface area contributed by atoms with E-state index in [1.807, 2.05) is 12.1 Å². The SMILES string of the molecule is CC1CC1c1ccc(CCO)o1. The van der Waals surface area contributed by atoms with Gasteiger partial charge in [0.25, 0.3) is 0 Å². The summed E-state index contributed by atoms with van der Waals surface area (Å²) in [5.74, 6) is 3.45. The molecule has 0 amide bonds. The van der Waals surface area contributed by atoms with Gasteiger partial charge in [0, 0.05) is 12.3 Å². The van der Waals surface area contributed by atoms with Crippen LogP contribution in [0.1, 0.15) is 30.8 Å². The van der Waals surface area contributed by atoms with Crippen LogP contribution >= 0.6 is 0 Å². The van der Waals surface area contributed by atoms with E-state index < -0.39 is 0 Å². The van der Waals surface area contributed by atoms with Crippen molar-refractivity contribution in [2.45, 2.75) is 25.7 Å². The summed E-state index contributed by atoms with van der Waals surface area (Å²) in [6, 6.07) is 4.01. The molecule has 0 aliphatic heterocycles. The first kappa shape index (κ1) is 7.87. The van der Waals surface area contributed by atoms with E-state index in [-0.39, 0.29) is 6.61 Å². The van der Waals surface area contributed by atoms with Gasteiger partial charge in [-0.1, -0.05) is 6.92 Å². The van der Waals surface area contributed by atoms with E-state index in [4.69, 9.17) is 9.52 Å². The summed E-state index contributed by atoms with van der Waals surface area (Å²) < 4.78 is 5.56. The Morgan fingerprint density at radius 3 is 2.92 bits per heavy atom. The van der Waals surface area contributed by atoms with Crippen molar-refractivity contribution in [1.29, 1.82) is 0 Å². The molecule has 1 aliphatic rings. The number of furan rings is 1. The Balaban J connectivity index is 2.04. The lowest BCUT2D eigenvalue weighted by molar-refractivity contribution is 0.286. The van der Waals surface area contributed by atoms with Crippen LogP contribution in [0, 0.1) is 5.92 Å². The first-order valence-corrected chi connectivity index (χ1v) is 4.50. The van der Waals surface area contributed by atoms with Crippen LogP contribution in [0.25, 0.3) is 0 Å². The highest BCUT2D eigenvalue weighted by atomic mass is 16.3. The number of aliphatic hydroxyl groups is 1. The van der Waals surface area contributed by atoms with Crippen molar-refractivity contribution >= 4 is 0 Å². The zero-order valence-corrected chi connectivity index (χ0v) is 7.29. The molecule has 2 nitrogen and oxygen atoms in total. The van der Waals surface area contributed by atoms with Gasteiger partial charge in [-0.3, -0.25) is 0 Å². The molecule has 0 saturated heterocycles. The molecule has 1 fully saturated rings. The maximum atomic E-state index is 8.68. The van der Waals surface area contributed by atoms with Crippen molar-refractivity contribution in [2.75, 3.05) is 6.61 Å². The fourth-order valence-corrected chi connectivity index (χ4v) is 1.56. The van der Waals surface area contributed by atoms with Gasteiger partial charge in [0.05, 0.1) is 6.61 Å². The highest BCUT2D eigenvalue weighted by molar-refractivity contribution is 5.17. The van der Waals surface area contributed by atoms with Gasteiger partial charge < -0.3 is 9.52 Å². The van der Waals surface area contributed by atoms with Crippen molar-refractivity contribution in [3.63, 3.8) is 0 Å². The first-order chi connectivity index (χ1) is 5.81. The van der Waals surface area contributed by atoms with E-state index >= 15 is 0 Å². The van der Waals surface area contributed by atoms with Gasteiger partial charge in [0.15, 0.2) is 0 Å². The minimum absolute atomic E-state index is 0.174. The molecule has 1 aromatic heterocycles. The normalized spacial score (nSPS) is 27.5. The van der Waals surface area contributed by atoms with Crippen molar-refractivity contribution < 1.29 is 9.52 Å². The summed E-state index contributed by atoms with van der Waals surface area (Å²) in [5, 5.41) is 8.68. The van der Waals surface area contributed by atoms with Gasteiger partial charge in [0.1, 0.15) is 11.5 Å². The van der Waals surface area contributed by atoms with Crippen molar-refractivity contribution in [3.8, 4) is 0 Å². The van der Waals surface area contributed by atoms with E-state index in [9.17, 15) is 0 Å². The molecular formula is C10H14O2. The minimum Gasteiger partial charge on any atom is -0.466 e. The lowest BCUT2D eigenvalue weighted by atomic mass is 10.3. The summed E-state index contributed by atoms with van der Waals surface area (Å²) in [4.78, 5) is 0. The third kappa shape index (κ3) is 1.39. The predicted octanol–water partition coefficient (Wildman–Crippen LogP) is 1.94. The molecule has 1 heterocycles. The Hall–Kier alpha value is -0.760. The van der Waals surface area contributed by atoms with Gasteiger partial charge >= 0.3 is 0 Å². The summed E-state index contributed by atoms with van der Waals surface area (Å²) in [5.41, 5.74) is 0. The van der Waals surface area contributed by atoms with E-state index in [1.54, 1.807) is 0 Å². The second-order valence-electron chi connectivity index (χ2n) is 3.60. The van der Waals surface area contributed by atoms with Gasteiger partial charge in [-0.05, 0) is 24.5 Å². The van der Waals surface area contributed by atoms with Crippen molar-refractivity contribution in [1.82, 2.24) is 0 Å². The van der Waals surface area contributed by atoms with Crippen LogP contribution in [0.2, 0.25) is 0 Å². The second kappa shape index (κ2) is 2.94. The topological polar surface area (TPSA) is 33.4 Å². The standard InChI is InChI=1S/C10H14O2/c1-7-6-9(7)10-3-2-8(12-10)4-5-11/h2-3,7,9,11H,4-6H2,1H3. The van der Waals surface area contributed by atoms with Crippen LogP contribution < -0.4 is 0 Å². The van der Waals surface area contributed by atoms with Crippen LogP contribution in [0.3, 0.4) is 0 Å². The minimum atomic E-state index is 0.174. The second-order valence-corrected chi connectivity index (χ2v) is 3.60. The molecule has 1 aromatic rings. The molecule has 0 aromatic carbocycles. The molecule has 2 atom stereocenters. The van der Waals surface area contributed by atoms with E-state index in [1.165, 1.54) is 6.42 Å². The van der Waals surface area contributed by atoms with Crippen LogP contribution in [0.4, 0.5) is 0 Å². The highest BCUT2D eigenvalue weighted by Gasteiger charge is 2.36. The molecule has 2 unspecified atom stereocenters. The van der Waals surface area contributed by atoms with Crippen LogP contribution in [-0.4, -0.2) is 11.7 Å². The molecule has 1 N–H and O–H groups in total. The number of rotatable bonds is 3. The maximum absolute atomic E-state index is 8.68. The summed E-state index contributed by atoms with van der Waals surface area (Å²) in [7, 11) is 0. The lowest BCUT2D eigenvalue weighted by Crippen LogP contribution is -1.86. The van der Waals surface area contributed by atoms with Gasteiger partial charge in [-0.25, -0.2) is 0 Å².